The van der Waals surface area contributed by atoms with E-state index in [1.807, 2.05) is 41.2 Å². The number of thiophene rings is 1. The smallest absolute Gasteiger partial charge is 0.263 e. The Kier molecular flexibility index (Phi) is 4.54. The molecule has 0 fully saturated rings. The van der Waals surface area contributed by atoms with E-state index in [9.17, 15) is 4.79 Å². The third-order valence-corrected chi connectivity index (χ3v) is 5.49. The van der Waals surface area contributed by atoms with Crippen LogP contribution in [0.2, 0.25) is 0 Å². The first-order chi connectivity index (χ1) is 12.8. The summed E-state index contributed by atoms with van der Waals surface area (Å²) in [4.78, 5) is 18.9. The molecule has 0 spiro atoms. The zero-order chi connectivity index (χ0) is 17.9. The molecule has 0 radical (unpaired) electrons. The number of nitrogens with zero attached hydrogens (tertiary/aromatic N) is 2. The summed E-state index contributed by atoms with van der Waals surface area (Å²) in [6, 6.07) is 16.2. The fourth-order valence-electron chi connectivity index (χ4n) is 2.97. The molecule has 1 aromatic carbocycles. The van der Waals surface area contributed by atoms with Gasteiger partial charge in [-0.25, -0.2) is 4.98 Å². The monoisotopic (exact) mass is 361 g/mol. The predicted octanol–water partition coefficient (Wildman–Crippen LogP) is 4.58. The maximum Gasteiger partial charge on any atom is 0.263 e. The molecule has 0 saturated heterocycles. The van der Waals surface area contributed by atoms with Crippen molar-refractivity contribution in [1.82, 2.24) is 14.9 Å². The van der Waals surface area contributed by atoms with Crippen LogP contribution in [0.5, 0.6) is 0 Å². The molecule has 3 heterocycles. The molecule has 26 heavy (non-hydrogen) atoms. The third kappa shape index (κ3) is 3.13. The van der Waals surface area contributed by atoms with Gasteiger partial charge < -0.3 is 9.88 Å². The SMILES string of the molecule is CCc1ccc(CNC(=O)c2sc3ncccc3c2-n2cccc2)cc1. The van der Waals surface area contributed by atoms with Crippen LogP contribution in [0.1, 0.15) is 27.7 Å². The molecule has 0 saturated carbocycles. The zero-order valence-electron chi connectivity index (χ0n) is 14.5. The highest BCUT2D eigenvalue weighted by Crippen LogP contribution is 2.33. The number of pyridine rings is 1. The number of hydrogen-bond donors (Lipinski definition) is 1. The maximum absolute atomic E-state index is 12.9. The lowest BCUT2D eigenvalue weighted by atomic mass is 10.1. The molecular weight excluding hydrogens is 342 g/mol. The lowest BCUT2D eigenvalue weighted by molar-refractivity contribution is 0.0955. The quantitative estimate of drug-likeness (QED) is 0.566. The van der Waals surface area contributed by atoms with Gasteiger partial charge >= 0.3 is 0 Å². The highest BCUT2D eigenvalue weighted by molar-refractivity contribution is 7.21. The Hall–Kier alpha value is -2.92. The van der Waals surface area contributed by atoms with Crippen LogP contribution in [0.3, 0.4) is 0 Å². The van der Waals surface area contributed by atoms with Gasteiger partial charge in [-0.05, 0) is 41.8 Å². The molecule has 0 atom stereocenters. The van der Waals surface area contributed by atoms with Crippen LogP contribution in [0.15, 0.2) is 67.1 Å². The minimum atomic E-state index is -0.0729. The fourth-order valence-corrected chi connectivity index (χ4v) is 4.03. The summed E-state index contributed by atoms with van der Waals surface area (Å²) in [5.41, 5.74) is 3.28. The Bertz CT molecular complexity index is 1030. The van der Waals surface area contributed by atoms with Crippen LogP contribution in [0.25, 0.3) is 15.9 Å². The second-order valence-corrected chi connectivity index (χ2v) is 7.08. The summed E-state index contributed by atoms with van der Waals surface area (Å²) in [7, 11) is 0. The highest BCUT2D eigenvalue weighted by Gasteiger charge is 2.20. The van der Waals surface area contributed by atoms with Crippen LogP contribution >= 0.6 is 11.3 Å². The van der Waals surface area contributed by atoms with E-state index >= 15 is 0 Å². The number of carbonyl (C=O) groups excluding carboxylic acids is 1. The van der Waals surface area contributed by atoms with Gasteiger partial charge in [-0.1, -0.05) is 31.2 Å². The number of amides is 1. The molecule has 4 nitrogen and oxygen atoms in total. The van der Waals surface area contributed by atoms with E-state index in [-0.39, 0.29) is 5.91 Å². The topological polar surface area (TPSA) is 46.9 Å². The zero-order valence-corrected chi connectivity index (χ0v) is 15.3. The minimum Gasteiger partial charge on any atom is -0.347 e. The molecule has 1 amide bonds. The number of fused-ring (bicyclic) bond motifs is 1. The van der Waals surface area contributed by atoms with Gasteiger partial charge in [0.15, 0.2) is 0 Å². The number of benzene rings is 1. The average molecular weight is 361 g/mol. The number of aromatic nitrogens is 2. The van der Waals surface area contributed by atoms with Gasteiger partial charge in [0.25, 0.3) is 5.91 Å². The van der Waals surface area contributed by atoms with Gasteiger partial charge in [0.05, 0.1) is 5.69 Å². The molecule has 0 aliphatic heterocycles. The lowest BCUT2D eigenvalue weighted by Gasteiger charge is -2.08. The van der Waals surface area contributed by atoms with Crippen molar-refractivity contribution < 1.29 is 4.79 Å². The molecule has 5 heteroatoms. The van der Waals surface area contributed by atoms with E-state index in [1.54, 1.807) is 6.20 Å². The molecule has 130 valence electrons. The summed E-state index contributed by atoms with van der Waals surface area (Å²) < 4.78 is 1.98. The van der Waals surface area contributed by atoms with Crippen molar-refractivity contribution in [2.75, 3.05) is 0 Å². The van der Waals surface area contributed by atoms with Crippen molar-refractivity contribution in [2.45, 2.75) is 19.9 Å². The van der Waals surface area contributed by atoms with Crippen molar-refractivity contribution in [3.63, 3.8) is 0 Å². The van der Waals surface area contributed by atoms with Crippen LogP contribution in [-0.2, 0) is 13.0 Å². The van der Waals surface area contributed by atoms with Crippen LogP contribution in [0, 0.1) is 0 Å². The van der Waals surface area contributed by atoms with Gasteiger partial charge in [0.2, 0.25) is 0 Å². The van der Waals surface area contributed by atoms with Gasteiger partial charge in [-0.3, -0.25) is 4.79 Å². The molecular formula is C21H19N3OS. The molecule has 0 unspecified atom stereocenters. The first-order valence-corrected chi connectivity index (χ1v) is 9.45. The van der Waals surface area contributed by atoms with Crippen molar-refractivity contribution in [1.29, 1.82) is 0 Å². The number of aryl methyl sites for hydroxylation is 1. The average Bonchev–Trinajstić information content (AvgIpc) is 3.33. The van der Waals surface area contributed by atoms with E-state index in [4.69, 9.17) is 0 Å². The van der Waals surface area contributed by atoms with E-state index < -0.39 is 0 Å². The van der Waals surface area contributed by atoms with Gasteiger partial charge in [-0.15, -0.1) is 11.3 Å². The molecule has 0 bridgehead atoms. The summed E-state index contributed by atoms with van der Waals surface area (Å²) >= 11 is 1.43. The molecule has 4 rings (SSSR count). The van der Waals surface area contributed by atoms with Gasteiger partial charge in [-0.2, -0.15) is 0 Å². The Balaban J connectivity index is 1.63. The summed E-state index contributed by atoms with van der Waals surface area (Å²) in [6.45, 7) is 2.64. The fraction of sp³-hybridized carbons (Fsp3) is 0.143. The highest BCUT2D eigenvalue weighted by atomic mass is 32.1. The Labute approximate surface area is 156 Å². The molecule has 4 aromatic rings. The summed E-state index contributed by atoms with van der Waals surface area (Å²) in [6.07, 6.45) is 6.68. The molecule has 0 aliphatic rings. The first-order valence-electron chi connectivity index (χ1n) is 8.63. The van der Waals surface area contributed by atoms with Crippen molar-refractivity contribution in [3.05, 3.63) is 83.1 Å². The number of carbonyl (C=O) groups is 1. The first kappa shape index (κ1) is 16.5. The summed E-state index contributed by atoms with van der Waals surface area (Å²) in [5, 5.41) is 4.04. The van der Waals surface area contributed by atoms with Crippen LogP contribution < -0.4 is 5.32 Å². The van der Waals surface area contributed by atoms with E-state index in [0.717, 1.165) is 27.9 Å². The molecule has 3 aromatic heterocycles. The van der Waals surface area contributed by atoms with Crippen LogP contribution in [-0.4, -0.2) is 15.5 Å². The normalized spacial score (nSPS) is 11.0. The number of rotatable bonds is 5. The Morgan fingerprint density at radius 3 is 2.54 bits per heavy atom. The molecule has 1 N–H and O–H groups in total. The maximum atomic E-state index is 12.9. The van der Waals surface area contributed by atoms with E-state index in [1.165, 1.54) is 16.9 Å². The standard InChI is InChI=1S/C21H19N3OS/c1-2-15-7-9-16(10-8-15)14-23-20(25)19-18(24-12-3-4-13-24)17-6-5-11-22-21(17)26-19/h3-13H,2,14H2,1H3,(H,23,25). The van der Waals surface area contributed by atoms with Gasteiger partial charge in [0.1, 0.15) is 9.71 Å². The summed E-state index contributed by atoms with van der Waals surface area (Å²) in [5.74, 6) is -0.0729. The van der Waals surface area contributed by atoms with E-state index in [0.29, 0.717) is 11.4 Å². The predicted molar refractivity (Wildman–Crippen MR) is 106 cm³/mol. The van der Waals surface area contributed by atoms with Crippen molar-refractivity contribution in [3.8, 4) is 5.69 Å². The Morgan fingerprint density at radius 1 is 1.08 bits per heavy atom. The van der Waals surface area contributed by atoms with Gasteiger partial charge in [0, 0.05) is 30.5 Å². The van der Waals surface area contributed by atoms with Crippen molar-refractivity contribution >= 4 is 27.5 Å². The molecule has 0 aliphatic carbocycles. The second-order valence-electron chi connectivity index (χ2n) is 6.08. The minimum absolute atomic E-state index is 0.0729. The number of nitrogens with one attached hydrogen (secondary N) is 1. The van der Waals surface area contributed by atoms with E-state index in [2.05, 4.69) is 41.5 Å². The second kappa shape index (κ2) is 7.14. The van der Waals surface area contributed by atoms with Crippen LogP contribution in [0.4, 0.5) is 0 Å². The Morgan fingerprint density at radius 2 is 1.81 bits per heavy atom. The number of hydrogen-bond acceptors (Lipinski definition) is 3. The van der Waals surface area contributed by atoms with Crippen molar-refractivity contribution in [2.24, 2.45) is 0 Å². The third-order valence-electron chi connectivity index (χ3n) is 4.39. The largest absolute Gasteiger partial charge is 0.347 e. The lowest BCUT2D eigenvalue weighted by Crippen LogP contribution is -2.23.